The molecule has 0 fully saturated rings. The summed E-state index contributed by atoms with van der Waals surface area (Å²) in [7, 11) is 0. The van der Waals surface area contributed by atoms with Crippen molar-refractivity contribution in [2.45, 2.75) is 20.5 Å². The molecule has 24 heavy (non-hydrogen) atoms. The summed E-state index contributed by atoms with van der Waals surface area (Å²) in [6, 6.07) is 10.7. The van der Waals surface area contributed by atoms with Gasteiger partial charge in [-0.25, -0.2) is 4.98 Å². The number of amides is 1. The molecule has 3 rings (SSSR count). The minimum atomic E-state index is -0.231. The number of rotatable bonds is 5. The Hall–Kier alpha value is -2.80. The molecule has 0 aliphatic carbocycles. The first kappa shape index (κ1) is 16.1. The van der Waals surface area contributed by atoms with Gasteiger partial charge in [0.2, 0.25) is 0 Å². The van der Waals surface area contributed by atoms with E-state index in [1.54, 1.807) is 30.5 Å². The number of nitrogens with one attached hydrogen (secondary N) is 1. The summed E-state index contributed by atoms with van der Waals surface area (Å²) in [6.07, 6.45) is 1.66. The smallest absolute Gasteiger partial charge is 0.256 e. The van der Waals surface area contributed by atoms with Crippen molar-refractivity contribution < 1.29 is 9.53 Å². The fraction of sp³-hybridized carbons (Fsp3) is 0.176. The number of benzene rings is 1. The molecule has 0 unspecified atom stereocenters. The fourth-order valence-corrected chi connectivity index (χ4v) is 2.60. The molecule has 6 nitrogen and oxygen atoms in total. The molecule has 0 saturated heterocycles. The number of aryl methyl sites for hydroxylation is 2. The van der Waals surface area contributed by atoms with E-state index in [2.05, 4.69) is 19.0 Å². The highest BCUT2D eigenvalue weighted by atomic mass is 32.1. The van der Waals surface area contributed by atoms with Gasteiger partial charge in [-0.05, 0) is 49.7 Å². The summed E-state index contributed by atoms with van der Waals surface area (Å²) in [5, 5.41) is 2.78. The summed E-state index contributed by atoms with van der Waals surface area (Å²) >= 11 is 1.16. The minimum Gasteiger partial charge on any atom is -0.487 e. The lowest BCUT2D eigenvalue weighted by Crippen LogP contribution is -2.13. The first-order chi connectivity index (χ1) is 11.6. The third-order valence-electron chi connectivity index (χ3n) is 3.38. The Labute approximate surface area is 143 Å². The van der Waals surface area contributed by atoms with Gasteiger partial charge in [0.1, 0.15) is 23.9 Å². The molecule has 0 bridgehead atoms. The molecule has 2 aromatic heterocycles. The average Bonchev–Trinajstić information content (AvgIpc) is 2.98. The average molecular weight is 340 g/mol. The van der Waals surface area contributed by atoms with E-state index in [1.165, 1.54) is 0 Å². The number of carbonyl (C=O) groups excluding carboxylic acids is 1. The first-order valence-corrected chi connectivity index (χ1v) is 8.10. The van der Waals surface area contributed by atoms with Crippen molar-refractivity contribution in [3.05, 3.63) is 65.1 Å². The topological polar surface area (TPSA) is 77.0 Å². The van der Waals surface area contributed by atoms with Crippen molar-refractivity contribution in [3.8, 4) is 5.75 Å². The Morgan fingerprint density at radius 1 is 1.21 bits per heavy atom. The Morgan fingerprint density at radius 2 is 2.08 bits per heavy atom. The molecule has 0 aliphatic heterocycles. The lowest BCUT2D eigenvalue weighted by Gasteiger charge is -2.08. The molecular weight excluding hydrogens is 324 g/mol. The van der Waals surface area contributed by atoms with Crippen molar-refractivity contribution in [2.75, 3.05) is 5.32 Å². The Balaban J connectivity index is 1.68. The van der Waals surface area contributed by atoms with Gasteiger partial charge < -0.3 is 10.1 Å². The van der Waals surface area contributed by atoms with E-state index in [9.17, 15) is 4.79 Å². The van der Waals surface area contributed by atoms with E-state index < -0.39 is 0 Å². The Kier molecular flexibility index (Phi) is 4.81. The monoisotopic (exact) mass is 340 g/mol. The first-order valence-electron chi connectivity index (χ1n) is 7.37. The molecule has 122 valence electrons. The van der Waals surface area contributed by atoms with E-state index >= 15 is 0 Å². The van der Waals surface area contributed by atoms with E-state index in [0.29, 0.717) is 23.7 Å². The zero-order chi connectivity index (χ0) is 16.9. The second-order valence-corrected chi connectivity index (χ2v) is 5.81. The number of aromatic nitrogens is 3. The van der Waals surface area contributed by atoms with Gasteiger partial charge in [-0.2, -0.15) is 8.75 Å². The largest absolute Gasteiger partial charge is 0.487 e. The summed E-state index contributed by atoms with van der Waals surface area (Å²) in [4.78, 5) is 16.5. The third kappa shape index (κ3) is 3.94. The van der Waals surface area contributed by atoms with Gasteiger partial charge in [0.25, 0.3) is 5.91 Å². The predicted molar refractivity (Wildman–Crippen MR) is 92.3 cm³/mol. The van der Waals surface area contributed by atoms with Crippen LogP contribution in [-0.4, -0.2) is 19.6 Å². The zero-order valence-corrected chi connectivity index (χ0v) is 14.1. The highest BCUT2D eigenvalue weighted by Gasteiger charge is 2.09. The van der Waals surface area contributed by atoms with Crippen LogP contribution in [0.25, 0.3) is 0 Å². The number of hydrogen-bond donors (Lipinski definition) is 1. The van der Waals surface area contributed by atoms with Gasteiger partial charge in [-0.3, -0.25) is 4.79 Å². The van der Waals surface area contributed by atoms with Gasteiger partial charge >= 0.3 is 0 Å². The minimum absolute atomic E-state index is 0.231. The highest BCUT2D eigenvalue weighted by Crippen LogP contribution is 2.17. The van der Waals surface area contributed by atoms with Crippen LogP contribution >= 0.6 is 11.7 Å². The molecule has 0 spiro atoms. The second kappa shape index (κ2) is 7.18. The van der Waals surface area contributed by atoms with Gasteiger partial charge in [0.05, 0.1) is 17.4 Å². The van der Waals surface area contributed by atoms with Gasteiger partial charge in [0, 0.05) is 11.8 Å². The molecule has 7 heteroatoms. The van der Waals surface area contributed by atoms with Gasteiger partial charge in [0.15, 0.2) is 0 Å². The van der Waals surface area contributed by atoms with Crippen molar-refractivity contribution in [3.63, 3.8) is 0 Å². The number of hydrogen-bond acceptors (Lipinski definition) is 6. The van der Waals surface area contributed by atoms with Gasteiger partial charge in [-0.1, -0.05) is 6.07 Å². The molecule has 1 N–H and O–H groups in total. The SMILES string of the molecule is Cc1ccnc(NC(=O)c2cccc(OCc3nsnc3C)c2)c1. The molecule has 0 aliphatic rings. The lowest BCUT2D eigenvalue weighted by atomic mass is 10.2. The summed E-state index contributed by atoms with van der Waals surface area (Å²) in [5.41, 5.74) is 3.20. The quantitative estimate of drug-likeness (QED) is 0.770. The van der Waals surface area contributed by atoms with E-state index in [4.69, 9.17) is 4.74 Å². The van der Waals surface area contributed by atoms with Crippen LogP contribution < -0.4 is 10.1 Å². The van der Waals surface area contributed by atoms with Crippen LogP contribution in [0.1, 0.15) is 27.3 Å². The van der Waals surface area contributed by atoms with Crippen LogP contribution in [0.3, 0.4) is 0 Å². The van der Waals surface area contributed by atoms with E-state index in [0.717, 1.165) is 28.7 Å². The molecule has 1 amide bonds. The molecule has 0 atom stereocenters. The number of pyridine rings is 1. The van der Waals surface area contributed by atoms with E-state index in [-0.39, 0.29) is 5.91 Å². The normalized spacial score (nSPS) is 10.4. The lowest BCUT2D eigenvalue weighted by molar-refractivity contribution is 0.102. The van der Waals surface area contributed by atoms with Crippen LogP contribution in [0.4, 0.5) is 5.82 Å². The molecule has 0 radical (unpaired) electrons. The fourth-order valence-electron chi connectivity index (χ4n) is 2.05. The van der Waals surface area contributed by atoms with Crippen molar-refractivity contribution >= 4 is 23.5 Å². The maximum atomic E-state index is 12.3. The standard InChI is InChI=1S/C17H16N4O2S/c1-11-6-7-18-16(8-11)19-17(22)13-4-3-5-14(9-13)23-10-15-12(2)20-24-21-15/h3-9H,10H2,1-2H3,(H,18,19,22). The summed E-state index contributed by atoms with van der Waals surface area (Å²) < 4.78 is 14.0. The number of nitrogens with zero attached hydrogens (tertiary/aromatic N) is 3. The maximum Gasteiger partial charge on any atom is 0.256 e. The zero-order valence-electron chi connectivity index (χ0n) is 13.3. The number of ether oxygens (including phenoxy) is 1. The molecule has 0 saturated carbocycles. The molecular formula is C17H16N4O2S. The molecule has 2 heterocycles. The summed E-state index contributed by atoms with van der Waals surface area (Å²) in [6.45, 7) is 4.16. The van der Waals surface area contributed by atoms with Crippen LogP contribution in [0.15, 0.2) is 42.6 Å². The van der Waals surface area contributed by atoms with Crippen LogP contribution in [-0.2, 0) is 6.61 Å². The number of carbonyl (C=O) groups is 1. The van der Waals surface area contributed by atoms with Crippen molar-refractivity contribution in [1.82, 2.24) is 13.7 Å². The van der Waals surface area contributed by atoms with Gasteiger partial charge in [-0.15, -0.1) is 0 Å². The molecule has 3 aromatic rings. The Morgan fingerprint density at radius 3 is 2.83 bits per heavy atom. The maximum absolute atomic E-state index is 12.3. The van der Waals surface area contributed by atoms with Crippen LogP contribution in [0, 0.1) is 13.8 Å². The van der Waals surface area contributed by atoms with Crippen molar-refractivity contribution in [2.24, 2.45) is 0 Å². The predicted octanol–water partition coefficient (Wildman–Crippen LogP) is 3.38. The number of anilines is 1. The highest BCUT2D eigenvalue weighted by molar-refractivity contribution is 6.99. The molecule has 1 aromatic carbocycles. The van der Waals surface area contributed by atoms with E-state index in [1.807, 2.05) is 26.0 Å². The van der Waals surface area contributed by atoms with Crippen LogP contribution in [0.5, 0.6) is 5.75 Å². The van der Waals surface area contributed by atoms with Crippen LogP contribution in [0.2, 0.25) is 0 Å². The Bertz CT molecular complexity index is 863. The summed E-state index contributed by atoms with van der Waals surface area (Å²) in [5.74, 6) is 0.896. The second-order valence-electron chi connectivity index (χ2n) is 5.29. The third-order valence-corrected chi connectivity index (χ3v) is 4.03. The van der Waals surface area contributed by atoms with Crippen molar-refractivity contribution in [1.29, 1.82) is 0 Å².